The number of aromatic nitrogens is 3. The monoisotopic (exact) mass is 512 g/mol. The molecule has 0 aliphatic carbocycles. The second-order valence-electron chi connectivity index (χ2n) is 8.84. The molecule has 0 aliphatic rings. The number of amides is 1. The van der Waals surface area contributed by atoms with Crippen LogP contribution in [0.1, 0.15) is 30.5 Å². The first kappa shape index (κ1) is 24.5. The maximum atomic E-state index is 12.8. The minimum atomic E-state index is -0.108. The molecule has 5 rings (SSSR count). The Morgan fingerprint density at radius 1 is 0.973 bits per heavy atom. The van der Waals surface area contributed by atoms with E-state index in [1.807, 2.05) is 66.9 Å². The summed E-state index contributed by atoms with van der Waals surface area (Å²) in [6.45, 7) is 0.487. The molecule has 1 amide bonds. The number of nitrogens with one attached hydrogen (secondary N) is 1. The van der Waals surface area contributed by atoms with Crippen molar-refractivity contribution in [3.8, 4) is 11.3 Å². The maximum absolute atomic E-state index is 12.8. The molecule has 2 heterocycles. The Bertz CT molecular complexity index is 1580. The topological polar surface area (TPSA) is 90.0 Å². The molecule has 8 heteroatoms. The molecule has 0 fully saturated rings. The van der Waals surface area contributed by atoms with E-state index >= 15 is 0 Å². The number of unbranched alkanes of at least 4 members (excludes halogenated alkanes) is 1. The van der Waals surface area contributed by atoms with Gasteiger partial charge in [-0.25, -0.2) is 4.68 Å². The van der Waals surface area contributed by atoms with Gasteiger partial charge >= 0.3 is 0 Å². The van der Waals surface area contributed by atoms with Gasteiger partial charge in [-0.1, -0.05) is 41.1 Å². The number of hydrogen-bond donors (Lipinski definition) is 1. The van der Waals surface area contributed by atoms with Gasteiger partial charge in [0.1, 0.15) is 11.3 Å². The van der Waals surface area contributed by atoms with Gasteiger partial charge in [-0.05, 0) is 73.4 Å². The SMILES string of the molecule is O=C(CCCCc1cn(Cc2ccc3oc(-c4ccc(Cl)cc4)cc(=O)c3c2)nn1)Nc1ccccc1. The minimum Gasteiger partial charge on any atom is -0.456 e. The number of carbonyl (C=O) groups excluding carboxylic acids is 1. The summed E-state index contributed by atoms with van der Waals surface area (Å²) in [5.41, 5.74) is 3.81. The van der Waals surface area contributed by atoms with Gasteiger partial charge in [0.05, 0.1) is 17.6 Å². The molecule has 37 heavy (non-hydrogen) atoms. The fraction of sp³-hybridized carbons (Fsp3) is 0.172. The van der Waals surface area contributed by atoms with Crippen LogP contribution >= 0.6 is 11.6 Å². The van der Waals surface area contributed by atoms with Crippen LogP contribution in [0.5, 0.6) is 0 Å². The molecule has 0 aliphatic heterocycles. The van der Waals surface area contributed by atoms with Crippen LogP contribution < -0.4 is 10.7 Å². The second-order valence-corrected chi connectivity index (χ2v) is 9.28. The van der Waals surface area contributed by atoms with Crippen molar-refractivity contribution in [2.75, 3.05) is 5.32 Å². The zero-order chi connectivity index (χ0) is 25.6. The number of carbonyl (C=O) groups is 1. The largest absolute Gasteiger partial charge is 0.456 e. The predicted molar refractivity (Wildman–Crippen MR) is 145 cm³/mol. The van der Waals surface area contributed by atoms with Gasteiger partial charge in [-0.15, -0.1) is 5.10 Å². The molecule has 0 saturated heterocycles. The number of rotatable bonds is 9. The molecule has 2 aromatic heterocycles. The predicted octanol–water partition coefficient (Wildman–Crippen LogP) is 6.10. The fourth-order valence-electron chi connectivity index (χ4n) is 4.11. The molecule has 0 radical (unpaired) electrons. The Balaban J connectivity index is 1.17. The van der Waals surface area contributed by atoms with Crippen molar-refractivity contribution in [2.45, 2.75) is 32.2 Å². The van der Waals surface area contributed by atoms with Gasteiger partial charge in [0.15, 0.2) is 5.43 Å². The van der Waals surface area contributed by atoms with Crippen LogP contribution in [0.25, 0.3) is 22.3 Å². The van der Waals surface area contributed by atoms with Gasteiger partial charge in [-0.3, -0.25) is 9.59 Å². The highest BCUT2D eigenvalue weighted by molar-refractivity contribution is 6.30. The van der Waals surface area contributed by atoms with E-state index in [-0.39, 0.29) is 11.3 Å². The van der Waals surface area contributed by atoms with Gasteiger partial charge in [-0.2, -0.15) is 0 Å². The van der Waals surface area contributed by atoms with E-state index in [0.29, 0.717) is 34.7 Å². The molecule has 1 N–H and O–H groups in total. The highest BCUT2D eigenvalue weighted by Gasteiger charge is 2.10. The Morgan fingerprint density at radius 2 is 1.78 bits per heavy atom. The van der Waals surface area contributed by atoms with Crippen molar-refractivity contribution < 1.29 is 9.21 Å². The highest BCUT2D eigenvalue weighted by atomic mass is 35.5. The molecular formula is C29H25ClN4O3. The van der Waals surface area contributed by atoms with Crippen LogP contribution in [0.2, 0.25) is 5.02 Å². The third-order valence-corrected chi connectivity index (χ3v) is 6.25. The Kier molecular flexibility index (Phi) is 7.42. The smallest absolute Gasteiger partial charge is 0.224 e. The third kappa shape index (κ3) is 6.32. The van der Waals surface area contributed by atoms with Crippen molar-refractivity contribution in [2.24, 2.45) is 0 Å². The van der Waals surface area contributed by atoms with Gasteiger partial charge in [0.25, 0.3) is 0 Å². The van der Waals surface area contributed by atoms with E-state index in [1.54, 1.807) is 16.8 Å². The lowest BCUT2D eigenvalue weighted by molar-refractivity contribution is -0.116. The summed E-state index contributed by atoms with van der Waals surface area (Å²) in [4.78, 5) is 24.9. The van der Waals surface area contributed by atoms with Crippen molar-refractivity contribution in [3.63, 3.8) is 0 Å². The van der Waals surface area contributed by atoms with Crippen LogP contribution in [0, 0.1) is 0 Å². The van der Waals surface area contributed by atoms with E-state index in [4.69, 9.17) is 16.0 Å². The lowest BCUT2D eigenvalue weighted by atomic mass is 10.1. The van der Waals surface area contributed by atoms with Crippen LogP contribution in [-0.2, 0) is 17.8 Å². The first-order valence-corrected chi connectivity index (χ1v) is 12.5. The first-order chi connectivity index (χ1) is 18.0. The number of hydrogen-bond acceptors (Lipinski definition) is 5. The molecule has 5 aromatic rings. The third-order valence-electron chi connectivity index (χ3n) is 6.00. The normalized spacial score (nSPS) is 11.1. The lowest BCUT2D eigenvalue weighted by Gasteiger charge is -2.06. The molecule has 186 valence electrons. The molecule has 0 unspecified atom stereocenters. The van der Waals surface area contributed by atoms with E-state index in [0.717, 1.165) is 41.8 Å². The molecule has 0 bridgehead atoms. The number of nitrogens with zero attached hydrogens (tertiary/aromatic N) is 3. The average molecular weight is 513 g/mol. The van der Waals surface area contributed by atoms with Gasteiger partial charge < -0.3 is 9.73 Å². The van der Waals surface area contributed by atoms with Crippen molar-refractivity contribution >= 4 is 34.2 Å². The van der Waals surface area contributed by atoms with E-state index in [1.165, 1.54) is 6.07 Å². The van der Waals surface area contributed by atoms with E-state index in [2.05, 4.69) is 15.6 Å². The Hall–Kier alpha value is -4.23. The summed E-state index contributed by atoms with van der Waals surface area (Å²) in [5, 5.41) is 12.5. The summed E-state index contributed by atoms with van der Waals surface area (Å²) < 4.78 is 7.73. The second kappa shape index (κ2) is 11.2. The fourth-order valence-corrected chi connectivity index (χ4v) is 4.24. The quantitative estimate of drug-likeness (QED) is 0.241. The number of halogens is 1. The molecule has 0 spiro atoms. The number of fused-ring (bicyclic) bond motifs is 1. The summed E-state index contributed by atoms with van der Waals surface area (Å²) in [6, 6.07) is 23.7. The maximum Gasteiger partial charge on any atom is 0.224 e. The van der Waals surface area contributed by atoms with Crippen LogP contribution in [0.4, 0.5) is 5.69 Å². The zero-order valence-corrected chi connectivity index (χ0v) is 20.8. The van der Waals surface area contributed by atoms with Gasteiger partial charge in [0.2, 0.25) is 5.91 Å². The van der Waals surface area contributed by atoms with Crippen LogP contribution in [-0.4, -0.2) is 20.9 Å². The number of benzene rings is 3. The number of aryl methyl sites for hydroxylation is 1. The standard InChI is InChI=1S/C29H25ClN4O3/c30-22-13-11-21(12-14-22)28-17-26(35)25-16-20(10-15-27(25)37-28)18-34-19-24(32-33-34)8-4-5-9-29(36)31-23-6-2-1-3-7-23/h1-3,6-7,10-17,19H,4-5,8-9,18H2,(H,31,36). The minimum absolute atomic E-state index is 0.0101. The lowest BCUT2D eigenvalue weighted by Crippen LogP contribution is -2.10. The summed E-state index contributed by atoms with van der Waals surface area (Å²) >= 11 is 5.96. The Labute approximate surface area is 218 Å². The average Bonchev–Trinajstić information content (AvgIpc) is 3.35. The van der Waals surface area contributed by atoms with Crippen LogP contribution in [0.15, 0.2) is 94.3 Å². The summed E-state index contributed by atoms with van der Waals surface area (Å²) in [7, 11) is 0. The molecule has 3 aromatic carbocycles. The number of para-hydroxylation sites is 1. The van der Waals surface area contributed by atoms with Crippen LogP contribution in [0.3, 0.4) is 0 Å². The molecular weight excluding hydrogens is 488 g/mol. The first-order valence-electron chi connectivity index (χ1n) is 12.1. The molecule has 7 nitrogen and oxygen atoms in total. The summed E-state index contributed by atoms with van der Waals surface area (Å²) in [6.07, 6.45) is 4.72. The van der Waals surface area contributed by atoms with E-state index in [9.17, 15) is 9.59 Å². The highest BCUT2D eigenvalue weighted by Crippen LogP contribution is 2.24. The van der Waals surface area contributed by atoms with Crippen molar-refractivity contribution in [1.82, 2.24) is 15.0 Å². The van der Waals surface area contributed by atoms with Crippen molar-refractivity contribution in [3.05, 3.63) is 112 Å². The Morgan fingerprint density at radius 3 is 2.59 bits per heavy atom. The zero-order valence-electron chi connectivity index (χ0n) is 20.1. The summed E-state index contributed by atoms with van der Waals surface area (Å²) in [5.74, 6) is 0.510. The molecule has 0 atom stereocenters. The molecule has 0 saturated carbocycles. The van der Waals surface area contributed by atoms with Crippen molar-refractivity contribution in [1.29, 1.82) is 0 Å². The number of anilines is 1. The van der Waals surface area contributed by atoms with Gasteiger partial charge in [0, 0.05) is 35.0 Å². The van der Waals surface area contributed by atoms with E-state index < -0.39 is 0 Å².